The van der Waals surface area contributed by atoms with Gasteiger partial charge < -0.3 is 0 Å². The van der Waals surface area contributed by atoms with Crippen molar-refractivity contribution >= 4 is 62.3 Å². The van der Waals surface area contributed by atoms with Crippen molar-refractivity contribution in [3.05, 3.63) is 0 Å². The van der Waals surface area contributed by atoms with Crippen LogP contribution in [0, 0.1) is 0 Å². The van der Waals surface area contributed by atoms with Crippen molar-refractivity contribution in [2.45, 2.75) is 36.0 Å². The summed E-state index contributed by atoms with van der Waals surface area (Å²) in [6.07, 6.45) is 0. The maximum atomic E-state index is 7.04. The topological polar surface area (TPSA) is 0 Å². The molecule has 2 radical (unpaired) electrons. The van der Waals surface area contributed by atoms with Gasteiger partial charge in [0.05, 0.1) is 0 Å². The summed E-state index contributed by atoms with van der Waals surface area (Å²) in [5.41, 5.74) is 0. The zero-order valence-electron chi connectivity index (χ0n) is 12.3. The Bertz CT molecular complexity index is 198. The molecule has 0 spiro atoms. The Kier molecular flexibility index (Phi) is 8.72. The van der Waals surface area contributed by atoms with Crippen LogP contribution in [0.3, 0.4) is 0 Å². The summed E-state index contributed by atoms with van der Waals surface area (Å²) in [6, 6.07) is 0. The number of halogens is 2. The van der Waals surface area contributed by atoms with E-state index in [2.05, 4.69) is 52.8 Å². The first-order chi connectivity index (χ1) is 7.53. The largest absolute Gasteiger partial charge is 0.260 e. The maximum absolute atomic E-state index is 7.04. The molecule has 102 valence electrons. The molecule has 0 N–H and O–H groups in total. The van der Waals surface area contributed by atoms with Crippen molar-refractivity contribution in [3.8, 4) is 0 Å². The van der Waals surface area contributed by atoms with E-state index >= 15 is 0 Å². The first-order valence-corrected chi connectivity index (χ1v) is 19.8. The first-order valence-electron chi connectivity index (χ1n) is 5.84. The second-order valence-electron chi connectivity index (χ2n) is 5.56. The zero-order chi connectivity index (χ0) is 14.0. The molecule has 0 aromatic rings. The molecule has 2 unspecified atom stereocenters. The molecule has 0 nitrogen and oxygen atoms in total. The van der Waals surface area contributed by atoms with E-state index in [1.165, 1.54) is 0 Å². The molecule has 0 aliphatic heterocycles. The van der Waals surface area contributed by atoms with Crippen LogP contribution in [0.5, 0.6) is 0 Å². The van der Waals surface area contributed by atoms with Crippen molar-refractivity contribution in [2.24, 2.45) is 0 Å². The van der Waals surface area contributed by atoms with E-state index in [1.54, 1.807) is 0 Å². The minimum atomic E-state index is -2.12. The average molecular weight is 363 g/mol. The van der Waals surface area contributed by atoms with Gasteiger partial charge in [-0.1, -0.05) is 26.2 Å². The lowest BCUT2D eigenvalue weighted by molar-refractivity contribution is 1.54. The summed E-state index contributed by atoms with van der Waals surface area (Å²) in [6.45, 7) is 16.9. The van der Waals surface area contributed by atoms with E-state index in [9.17, 15) is 0 Å². The van der Waals surface area contributed by atoms with Gasteiger partial charge in [0, 0.05) is 17.6 Å². The second kappa shape index (κ2) is 7.76. The first kappa shape index (κ1) is 19.1. The highest BCUT2D eigenvalue weighted by atomic mass is 35.7. The Morgan fingerprint density at radius 3 is 1.12 bits per heavy atom. The molecule has 0 saturated carbocycles. The molecule has 17 heavy (non-hydrogen) atoms. The smallest absolute Gasteiger partial charge is 0.145 e. The Labute approximate surface area is 124 Å². The SMILES string of the molecule is C[Si](C)C(P(C)C)[Si](Cl)(Cl)C([Si](C)C)P(C)C. The van der Waals surface area contributed by atoms with Gasteiger partial charge in [0.2, 0.25) is 0 Å². The van der Waals surface area contributed by atoms with E-state index in [0.29, 0.717) is 9.81 Å². The average Bonchev–Trinajstić information content (AvgIpc) is 1.96. The van der Waals surface area contributed by atoms with Gasteiger partial charge in [-0.05, 0) is 36.5 Å². The van der Waals surface area contributed by atoms with Crippen LogP contribution >= 0.6 is 38.0 Å². The molecular weight excluding hydrogens is 337 g/mol. The van der Waals surface area contributed by atoms with Gasteiger partial charge in [0.1, 0.15) is 0 Å². The third kappa shape index (κ3) is 5.17. The molecule has 0 fully saturated rings. The van der Waals surface area contributed by atoms with Crippen molar-refractivity contribution in [1.29, 1.82) is 0 Å². The Hall–Kier alpha value is 2.09. The number of hydrogen-bond acceptors (Lipinski definition) is 0. The summed E-state index contributed by atoms with van der Waals surface area (Å²) in [4.78, 5) is 1.36. The monoisotopic (exact) mass is 362 g/mol. The molecule has 0 aliphatic rings. The Morgan fingerprint density at radius 1 is 0.765 bits per heavy atom. The lowest BCUT2D eigenvalue weighted by Gasteiger charge is -2.42. The van der Waals surface area contributed by atoms with Crippen molar-refractivity contribution in [2.75, 3.05) is 26.7 Å². The van der Waals surface area contributed by atoms with Gasteiger partial charge in [-0.25, -0.2) is 0 Å². The molecule has 0 amide bonds. The standard InChI is InChI=1S/C10H26Cl2P2Si3/c1-13(2)9(15(5)6)17(11,12)10(14(3)4)16(7)8/h9-10H,1-8H3. The minimum Gasteiger partial charge on any atom is -0.145 e. The molecule has 7 heteroatoms. The predicted molar refractivity (Wildman–Crippen MR) is 97.5 cm³/mol. The number of hydrogen-bond donors (Lipinski definition) is 0. The second-order valence-corrected chi connectivity index (χ2v) is 25.8. The van der Waals surface area contributed by atoms with Crippen molar-refractivity contribution in [3.63, 3.8) is 0 Å². The highest BCUT2D eigenvalue weighted by Crippen LogP contribution is 2.52. The van der Waals surface area contributed by atoms with E-state index in [4.69, 9.17) is 22.2 Å². The molecule has 0 bridgehead atoms. The van der Waals surface area contributed by atoms with Gasteiger partial charge in [-0.3, -0.25) is 0 Å². The lowest BCUT2D eigenvalue weighted by atomic mass is 11.7. The summed E-state index contributed by atoms with van der Waals surface area (Å²) in [5, 5.41) is 0. The summed E-state index contributed by atoms with van der Waals surface area (Å²) in [5.74, 6) is 0. The lowest BCUT2D eigenvalue weighted by Crippen LogP contribution is -2.56. The Balaban J connectivity index is 5.30. The van der Waals surface area contributed by atoms with Gasteiger partial charge in [-0.15, -0.1) is 38.0 Å². The van der Waals surface area contributed by atoms with Crippen LogP contribution in [0.25, 0.3) is 0 Å². The summed E-state index contributed by atoms with van der Waals surface area (Å²) < 4.78 is 0. The van der Waals surface area contributed by atoms with Crippen LogP contribution in [-0.4, -0.2) is 60.8 Å². The third-order valence-electron chi connectivity index (χ3n) is 2.86. The van der Waals surface area contributed by atoms with Crippen LogP contribution < -0.4 is 0 Å². The molecule has 0 saturated heterocycles. The number of rotatable bonds is 6. The highest BCUT2D eigenvalue weighted by Gasteiger charge is 2.50. The predicted octanol–water partition coefficient (Wildman–Crippen LogP) is 4.79. The van der Waals surface area contributed by atoms with Crippen LogP contribution in [0.2, 0.25) is 26.2 Å². The molecular formula is C10H26Cl2P2Si3. The fraction of sp³-hybridized carbons (Fsp3) is 1.00. The van der Waals surface area contributed by atoms with Crippen LogP contribution in [0.1, 0.15) is 0 Å². The van der Waals surface area contributed by atoms with Crippen molar-refractivity contribution < 1.29 is 0 Å². The Morgan fingerprint density at radius 2 is 1.00 bits per heavy atom. The molecule has 0 aliphatic carbocycles. The third-order valence-corrected chi connectivity index (χ3v) is 33.1. The van der Waals surface area contributed by atoms with Crippen LogP contribution in [-0.2, 0) is 0 Å². The van der Waals surface area contributed by atoms with Crippen LogP contribution in [0.4, 0.5) is 0 Å². The van der Waals surface area contributed by atoms with Crippen molar-refractivity contribution in [1.82, 2.24) is 0 Å². The van der Waals surface area contributed by atoms with Gasteiger partial charge in [0.25, 0.3) is 6.69 Å². The molecule has 0 aromatic heterocycles. The molecule has 0 heterocycles. The normalized spacial score (nSPS) is 17.3. The fourth-order valence-electron chi connectivity index (χ4n) is 2.64. The molecule has 2 atom stereocenters. The maximum Gasteiger partial charge on any atom is 0.260 e. The van der Waals surface area contributed by atoms with E-state index in [-0.39, 0.29) is 33.4 Å². The van der Waals surface area contributed by atoms with E-state index in [1.807, 2.05) is 0 Å². The van der Waals surface area contributed by atoms with Gasteiger partial charge in [-0.2, -0.15) is 0 Å². The van der Waals surface area contributed by atoms with E-state index in [0.717, 1.165) is 0 Å². The minimum absolute atomic E-state index is 0.00359. The van der Waals surface area contributed by atoms with Gasteiger partial charge >= 0.3 is 0 Å². The highest BCUT2D eigenvalue weighted by molar-refractivity contribution is 7.76. The quantitative estimate of drug-likeness (QED) is 0.362. The van der Waals surface area contributed by atoms with E-state index < -0.39 is 6.69 Å². The van der Waals surface area contributed by atoms with Gasteiger partial charge in [0.15, 0.2) is 0 Å². The molecule has 0 rings (SSSR count). The summed E-state index contributed by atoms with van der Waals surface area (Å²) >= 11 is 14.1. The zero-order valence-corrected chi connectivity index (χ0v) is 18.6. The fourth-order valence-corrected chi connectivity index (χ4v) is 41.3. The summed E-state index contributed by atoms with van der Waals surface area (Å²) in [7, 11) is -0.781. The molecule has 0 aromatic carbocycles. The van der Waals surface area contributed by atoms with Crippen LogP contribution in [0.15, 0.2) is 0 Å².